The summed E-state index contributed by atoms with van der Waals surface area (Å²) in [6, 6.07) is -2.33. The normalized spacial score (nSPS) is 16.8. The van der Waals surface area contributed by atoms with Crippen LogP contribution in [0.3, 0.4) is 0 Å². The van der Waals surface area contributed by atoms with Gasteiger partial charge in [-0.25, -0.2) is 14.4 Å². The second-order valence-electron chi connectivity index (χ2n) is 6.22. The molecular formula is C16H28N4O5S. The van der Waals surface area contributed by atoms with Gasteiger partial charge < -0.3 is 21.1 Å². The second-order valence-corrected chi connectivity index (χ2v) is 7.21. The zero-order chi connectivity index (χ0) is 19.5. The molecule has 0 heterocycles. The van der Waals surface area contributed by atoms with Crippen molar-refractivity contribution in [3.8, 4) is 0 Å². The van der Waals surface area contributed by atoms with Crippen LogP contribution in [-0.2, 0) is 14.3 Å². The van der Waals surface area contributed by atoms with Gasteiger partial charge in [-0.05, 0) is 38.2 Å². The largest absolute Gasteiger partial charge is 0.451 e. The maximum absolute atomic E-state index is 12.1. The Morgan fingerprint density at radius 3 is 2.42 bits per heavy atom. The molecule has 5 amide bonds. The third-order valence-corrected chi connectivity index (χ3v) is 4.69. The molecule has 26 heavy (non-hydrogen) atoms. The van der Waals surface area contributed by atoms with Crippen molar-refractivity contribution in [3.05, 3.63) is 0 Å². The smallest absolute Gasteiger partial charge is 0.329 e. The summed E-state index contributed by atoms with van der Waals surface area (Å²) in [7, 11) is 0. The molecule has 0 spiro atoms. The molecule has 0 bridgehead atoms. The summed E-state index contributed by atoms with van der Waals surface area (Å²) in [5.74, 6) is -0.896. The minimum absolute atomic E-state index is 0.0603. The summed E-state index contributed by atoms with van der Waals surface area (Å²) in [5.41, 5.74) is 5.05. The first-order chi connectivity index (χ1) is 12.3. The second kappa shape index (κ2) is 11.6. The number of hydrogen-bond donors (Lipinski definition) is 4. The van der Waals surface area contributed by atoms with Crippen LogP contribution in [0.5, 0.6) is 0 Å². The molecule has 0 radical (unpaired) electrons. The third-order valence-electron chi connectivity index (χ3n) is 4.05. The number of primary amides is 1. The van der Waals surface area contributed by atoms with Crippen LogP contribution in [0.15, 0.2) is 0 Å². The first-order valence-corrected chi connectivity index (χ1v) is 10.1. The average Bonchev–Trinajstić information content (AvgIpc) is 2.58. The highest BCUT2D eigenvalue weighted by Gasteiger charge is 2.27. The molecular weight excluding hydrogens is 360 g/mol. The minimum atomic E-state index is -1.17. The van der Waals surface area contributed by atoms with Gasteiger partial charge in [-0.15, -0.1) is 0 Å². The average molecular weight is 388 g/mol. The molecule has 0 saturated heterocycles. The van der Waals surface area contributed by atoms with Crippen LogP contribution in [0.2, 0.25) is 0 Å². The van der Waals surface area contributed by atoms with Gasteiger partial charge in [0.2, 0.25) is 0 Å². The monoisotopic (exact) mass is 388 g/mol. The number of imide groups is 1. The SMILES string of the molecule is CSCC[C@@H](NC(N)=O)C(=O)O[C@@H](C)C(=O)NC(=O)NC1CCCCC1. The molecule has 9 nitrogen and oxygen atoms in total. The Morgan fingerprint density at radius 2 is 1.85 bits per heavy atom. The summed E-state index contributed by atoms with van der Waals surface area (Å²) < 4.78 is 5.05. The van der Waals surface area contributed by atoms with Crippen molar-refractivity contribution in [2.24, 2.45) is 5.73 Å². The first kappa shape index (κ1) is 22.1. The summed E-state index contributed by atoms with van der Waals surface area (Å²) in [6.07, 6.45) is 6.04. The summed E-state index contributed by atoms with van der Waals surface area (Å²) in [6.45, 7) is 1.36. The van der Waals surface area contributed by atoms with E-state index < -0.39 is 36.1 Å². The predicted molar refractivity (Wildman–Crippen MR) is 98.6 cm³/mol. The minimum Gasteiger partial charge on any atom is -0.451 e. The predicted octanol–water partition coefficient (Wildman–Crippen LogP) is 0.867. The number of nitrogens with one attached hydrogen (secondary N) is 3. The Bertz CT molecular complexity index is 511. The van der Waals surface area contributed by atoms with E-state index in [4.69, 9.17) is 10.5 Å². The van der Waals surface area contributed by atoms with E-state index in [2.05, 4.69) is 16.0 Å². The first-order valence-electron chi connectivity index (χ1n) is 8.70. The van der Waals surface area contributed by atoms with E-state index in [1.54, 1.807) is 0 Å². The highest BCUT2D eigenvalue weighted by Crippen LogP contribution is 2.17. The van der Waals surface area contributed by atoms with Crippen molar-refractivity contribution in [2.75, 3.05) is 12.0 Å². The Labute approximate surface area is 157 Å². The highest BCUT2D eigenvalue weighted by molar-refractivity contribution is 7.98. The fourth-order valence-corrected chi connectivity index (χ4v) is 3.12. The molecule has 148 valence electrons. The molecule has 1 fully saturated rings. The molecule has 2 atom stereocenters. The highest BCUT2D eigenvalue weighted by atomic mass is 32.2. The Morgan fingerprint density at radius 1 is 1.19 bits per heavy atom. The van der Waals surface area contributed by atoms with Gasteiger partial charge in [0.05, 0.1) is 0 Å². The van der Waals surface area contributed by atoms with E-state index in [0.717, 1.165) is 32.1 Å². The van der Waals surface area contributed by atoms with E-state index in [0.29, 0.717) is 12.2 Å². The van der Waals surface area contributed by atoms with Gasteiger partial charge in [-0.1, -0.05) is 19.3 Å². The van der Waals surface area contributed by atoms with Crippen molar-refractivity contribution in [3.63, 3.8) is 0 Å². The summed E-state index contributed by atoms with van der Waals surface area (Å²) in [5, 5.41) is 7.21. The topological polar surface area (TPSA) is 140 Å². The molecule has 1 saturated carbocycles. The van der Waals surface area contributed by atoms with Crippen LogP contribution >= 0.6 is 11.8 Å². The van der Waals surface area contributed by atoms with Crippen LogP contribution in [-0.4, -0.2) is 54.1 Å². The van der Waals surface area contributed by atoms with Crippen molar-refractivity contribution in [2.45, 2.75) is 63.6 Å². The molecule has 1 aliphatic carbocycles. The number of esters is 1. The fourth-order valence-electron chi connectivity index (χ4n) is 2.65. The van der Waals surface area contributed by atoms with Crippen LogP contribution in [0.4, 0.5) is 9.59 Å². The molecule has 0 aliphatic heterocycles. The van der Waals surface area contributed by atoms with Gasteiger partial charge in [0.25, 0.3) is 5.91 Å². The van der Waals surface area contributed by atoms with Gasteiger partial charge in [0.15, 0.2) is 6.10 Å². The van der Waals surface area contributed by atoms with Crippen LogP contribution < -0.4 is 21.7 Å². The molecule has 5 N–H and O–H groups in total. The fraction of sp³-hybridized carbons (Fsp3) is 0.750. The number of ether oxygens (including phenoxy) is 1. The number of carbonyl (C=O) groups excluding carboxylic acids is 4. The summed E-state index contributed by atoms with van der Waals surface area (Å²) >= 11 is 1.49. The van der Waals surface area contributed by atoms with Gasteiger partial charge >= 0.3 is 18.0 Å². The number of thioether (sulfide) groups is 1. The van der Waals surface area contributed by atoms with Crippen LogP contribution in [0, 0.1) is 0 Å². The van der Waals surface area contributed by atoms with Crippen molar-refractivity contribution < 1.29 is 23.9 Å². The molecule has 0 aromatic rings. The zero-order valence-corrected chi connectivity index (χ0v) is 16.0. The van der Waals surface area contributed by atoms with Gasteiger partial charge in [-0.3, -0.25) is 10.1 Å². The lowest BCUT2D eigenvalue weighted by molar-refractivity contribution is -0.156. The lowest BCUT2D eigenvalue weighted by atomic mass is 9.96. The third kappa shape index (κ3) is 8.41. The Balaban J connectivity index is 2.45. The van der Waals surface area contributed by atoms with Gasteiger partial charge in [0.1, 0.15) is 6.04 Å². The molecule has 10 heteroatoms. The number of nitrogens with two attached hydrogens (primary N) is 1. The quantitative estimate of drug-likeness (QED) is 0.455. The van der Waals surface area contributed by atoms with Crippen LogP contribution in [0.25, 0.3) is 0 Å². The molecule has 1 rings (SSSR count). The van der Waals surface area contributed by atoms with E-state index in [9.17, 15) is 19.2 Å². The van der Waals surface area contributed by atoms with E-state index in [-0.39, 0.29) is 6.04 Å². The number of hydrogen-bond acceptors (Lipinski definition) is 6. The molecule has 1 aliphatic rings. The standard InChI is InChI=1S/C16H28N4O5S/c1-10(25-14(22)12(8-9-26-2)19-15(17)23)13(21)20-16(24)18-11-6-4-3-5-7-11/h10-12H,3-9H2,1-2H3,(H3,17,19,23)(H2,18,20,21,24)/t10-,12+/m0/s1. The van der Waals surface area contributed by atoms with Crippen molar-refractivity contribution in [1.82, 2.24) is 16.0 Å². The summed E-state index contributed by atoms with van der Waals surface area (Å²) in [4.78, 5) is 47.0. The molecule has 0 unspecified atom stereocenters. The van der Waals surface area contributed by atoms with Crippen molar-refractivity contribution in [1.29, 1.82) is 0 Å². The Kier molecular flexibility index (Phi) is 9.85. The van der Waals surface area contributed by atoms with E-state index in [1.807, 2.05) is 6.26 Å². The Hall–Kier alpha value is -1.97. The number of carbonyl (C=O) groups is 4. The number of urea groups is 2. The van der Waals surface area contributed by atoms with E-state index in [1.165, 1.54) is 18.7 Å². The van der Waals surface area contributed by atoms with Crippen LogP contribution in [0.1, 0.15) is 45.4 Å². The number of amides is 5. The molecule has 0 aromatic heterocycles. The maximum atomic E-state index is 12.1. The number of rotatable bonds is 8. The maximum Gasteiger partial charge on any atom is 0.329 e. The van der Waals surface area contributed by atoms with E-state index >= 15 is 0 Å². The lowest BCUT2D eigenvalue weighted by Crippen LogP contribution is -2.50. The van der Waals surface area contributed by atoms with Crippen molar-refractivity contribution >= 4 is 35.7 Å². The van der Waals surface area contributed by atoms with Gasteiger partial charge in [0, 0.05) is 6.04 Å². The van der Waals surface area contributed by atoms with Gasteiger partial charge in [-0.2, -0.15) is 11.8 Å². The zero-order valence-electron chi connectivity index (χ0n) is 15.2. The molecule has 0 aromatic carbocycles. The lowest BCUT2D eigenvalue weighted by Gasteiger charge is -2.23.